The molecule has 1 saturated heterocycles. The molecule has 0 amide bonds. The van der Waals surface area contributed by atoms with Crippen LogP contribution in [0.2, 0.25) is 0 Å². The first-order chi connectivity index (χ1) is 16.8. The van der Waals surface area contributed by atoms with Crippen molar-refractivity contribution in [2.75, 3.05) is 25.4 Å². The summed E-state index contributed by atoms with van der Waals surface area (Å²) in [5.41, 5.74) is 0.951. The second-order valence-corrected chi connectivity index (χ2v) is 12.6. The fourth-order valence-corrected chi connectivity index (χ4v) is 6.37. The molecule has 3 heterocycles. The van der Waals surface area contributed by atoms with Gasteiger partial charge in [-0.15, -0.1) is 0 Å². The van der Waals surface area contributed by atoms with Gasteiger partial charge in [-0.2, -0.15) is 13.2 Å². The number of aliphatic hydroxyl groups excluding tert-OH is 1. The largest absolute Gasteiger partial charge is 0.487 e. The molecule has 10 heteroatoms. The molecule has 2 aliphatic rings. The highest BCUT2D eigenvalue weighted by molar-refractivity contribution is 7.90. The molecule has 0 unspecified atom stereocenters. The second kappa shape index (κ2) is 9.95. The lowest BCUT2D eigenvalue weighted by atomic mass is 9.81. The minimum atomic E-state index is -4.28. The molecule has 0 saturated carbocycles. The Morgan fingerprint density at radius 3 is 2.44 bits per heavy atom. The number of benzene rings is 1. The summed E-state index contributed by atoms with van der Waals surface area (Å²) in [7, 11) is -3.29. The van der Waals surface area contributed by atoms with Gasteiger partial charge in [0.1, 0.15) is 16.9 Å². The number of hydrogen-bond donors (Lipinski definition) is 1. The van der Waals surface area contributed by atoms with Crippen molar-refractivity contribution >= 4 is 9.84 Å². The van der Waals surface area contributed by atoms with Crippen LogP contribution in [0.25, 0.3) is 11.3 Å². The summed E-state index contributed by atoms with van der Waals surface area (Å²) < 4.78 is 71.0. The lowest BCUT2D eigenvalue weighted by Gasteiger charge is -2.49. The van der Waals surface area contributed by atoms with Gasteiger partial charge >= 0.3 is 6.18 Å². The highest BCUT2D eigenvalue weighted by Gasteiger charge is 2.53. The molecule has 1 spiro atoms. The van der Waals surface area contributed by atoms with Gasteiger partial charge in [0, 0.05) is 31.5 Å². The molecule has 1 aromatic carbocycles. The molecule has 1 fully saturated rings. The third-order valence-corrected chi connectivity index (χ3v) is 9.20. The summed E-state index contributed by atoms with van der Waals surface area (Å²) in [6.07, 6.45) is 0.127. The Bertz CT molecular complexity index is 1170. The minimum Gasteiger partial charge on any atom is -0.487 e. The molecule has 2 aromatic rings. The van der Waals surface area contributed by atoms with Crippen molar-refractivity contribution in [2.24, 2.45) is 0 Å². The second-order valence-electron chi connectivity index (χ2n) is 10.4. The standard InChI is InChI=1S/C26H33F3N2O4S/c1-24(2,26(27,28)29)31-12-10-25(11-13-31)9-8-21-16-20(5-7-23(21)35-25)22-6-4-19(17-30-22)18-36(33,34)15-3-14-32/h4-7,16-17,32H,3,8-15,18H2,1-2H3. The topological polar surface area (TPSA) is 79.7 Å². The van der Waals surface area contributed by atoms with Gasteiger partial charge in [-0.25, -0.2) is 8.42 Å². The van der Waals surface area contributed by atoms with Gasteiger partial charge in [-0.05, 0) is 81.3 Å². The number of piperidine rings is 1. The van der Waals surface area contributed by atoms with Crippen LogP contribution in [0.3, 0.4) is 0 Å². The molecule has 2 aliphatic heterocycles. The van der Waals surface area contributed by atoms with Crippen molar-refractivity contribution in [3.05, 3.63) is 47.7 Å². The first-order valence-corrected chi connectivity index (χ1v) is 14.1. The van der Waals surface area contributed by atoms with Crippen LogP contribution in [-0.2, 0) is 22.0 Å². The van der Waals surface area contributed by atoms with E-state index in [0.29, 0.717) is 31.5 Å². The van der Waals surface area contributed by atoms with Crippen LogP contribution in [-0.4, -0.2) is 66.2 Å². The maximum absolute atomic E-state index is 13.5. The summed E-state index contributed by atoms with van der Waals surface area (Å²) in [5.74, 6) is 0.591. The normalized spacial score (nSPS) is 18.6. The van der Waals surface area contributed by atoms with Crippen LogP contribution in [0.5, 0.6) is 5.75 Å². The number of nitrogens with zero attached hydrogens (tertiary/aromatic N) is 2. The molecule has 0 aliphatic carbocycles. The Kier molecular flexibility index (Phi) is 7.43. The predicted octanol–water partition coefficient (Wildman–Crippen LogP) is 4.55. The molecular formula is C26H33F3N2O4S. The number of fused-ring (bicyclic) bond motifs is 1. The monoisotopic (exact) mass is 526 g/mol. The number of likely N-dealkylation sites (tertiary alicyclic amines) is 1. The van der Waals surface area contributed by atoms with Crippen molar-refractivity contribution < 1.29 is 31.4 Å². The van der Waals surface area contributed by atoms with Gasteiger partial charge in [-0.1, -0.05) is 6.07 Å². The number of rotatable bonds is 7. The van der Waals surface area contributed by atoms with E-state index >= 15 is 0 Å². The molecular weight excluding hydrogens is 493 g/mol. The van der Waals surface area contributed by atoms with E-state index in [1.165, 1.54) is 18.7 Å². The Morgan fingerprint density at radius 1 is 1.11 bits per heavy atom. The quantitative estimate of drug-likeness (QED) is 0.571. The SMILES string of the molecule is CC(C)(N1CCC2(CCc3cc(-c4ccc(CS(=O)(=O)CCCO)cn4)ccc3O2)CC1)C(F)(F)F. The van der Waals surface area contributed by atoms with E-state index in [-0.39, 0.29) is 24.5 Å². The fraction of sp³-hybridized carbons (Fsp3) is 0.577. The van der Waals surface area contributed by atoms with Crippen molar-refractivity contribution in [1.82, 2.24) is 9.88 Å². The number of aromatic nitrogens is 1. The van der Waals surface area contributed by atoms with Crippen molar-refractivity contribution in [3.8, 4) is 17.0 Å². The first-order valence-electron chi connectivity index (χ1n) is 12.2. The van der Waals surface area contributed by atoms with Crippen molar-refractivity contribution in [2.45, 2.75) is 69.0 Å². The van der Waals surface area contributed by atoms with Crippen molar-refractivity contribution in [3.63, 3.8) is 0 Å². The molecule has 1 aromatic heterocycles. The molecule has 6 nitrogen and oxygen atoms in total. The molecule has 1 N–H and O–H groups in total. The van der Waals surface area contributed by atoms with E-state index in [0.717, 1.165) is 35.4 Å². The molecule has 36 heavy (non-hydrogen) atoms. The van der Waals surface area contributed by atoms with Crippen LogP contribution in [0.4, 0.5) is 13.2 Å². The zero-order valence-corrected chi connectivity index (χ0v) is 21.5. The molecule has 0 radical (unpaired) electrons. The van der Waals surface area contributed by atoms with Gasteiger partial charge in [0.05, 0.1) is 17.2 Å². The highest BCUT2D eigenvalue weighted by atomic mass is 32.2. The summed E-state index contributed by atoms with van der Waals surface area (Å²) in [6.45, 7) is 2.99. The lowest BCUT2D eigenvalue weighted by molar-refractivity contribution is -0.227. The van der Waals surface area contributed by atoms with Crippen LogP contribution < -0.4 is 4.74 Å². The maximum Gasteiger partial charge on any atom is 0.406 e. The van der Waals surface area contributed by atoms with E-state index in [1.807, 2.05) is 18.2 Å². The van der Waals surface area contributed by atoms with Gasteiger partial charge in [0.15, 0.2) is 9.84 Å². The Morgan fingerprint density at radius 2 is 1.83 bits per heavy atom. The molecule has 4 rings (SSSR count). The van der Waals surface area contributed by atoms with Gasteiger partial charge in [0.25, 0.3) is 0 Å². The van der Waals surface area contributed by atoms with Crippen LogP contribution in [0, 0.1) is 0 Å². The summed E-state index contributed by atoms with van der Waals surface area (Å²) in [5, 5.41) is 8.86. The minimum absolute atomic E-state index is 0.0598. The number of aliphatic hydroxyl groups is 1. The predicted molar refractivity (Wildman–Crippen MR) is 131 cm³/mol. The maximum atomic E-state index is 13.5. The molecule has 198 valence electrons. The van der Waals surface area contributed by atoms with E-state index in [9.17, 15) is 21.6 Å². The molecule has 0 bridgehead atoms. The number of halogens is 3. The molecule has 0 atom stereocenters. The van der Waals surface area contributed by atoms with Crippen LogP contribution in [0.15, 0.2) is 36.5 Å². The van der Waals surface area contributed by atoms with Crippen LogP contribution in [0.1, 0.15) is 50.7 Å². The third-order valence-electron chi connectivity index (χ3n) is 7.52. The number of ether oxygens (including phenoxy) is 1. The van der Waals surface area contributed by atoms with Gasteiger partial charge in [-0.3, -0.25) is 9.88 Å². The van der Waals surface area contributed by atoms with E-state index in [2.05, 4.69) is 4.98 Å². The number of aryl methyl sites for hydroxylation is 1. The zero-order valence-electron chi connectivity index (χ0n) is 20.6. The number of sulfone groups is 1. The third kappa shape index (κ3) is 5.70. The van der Waals surface area contributed by atoms with Gasteiger partial charge in [0.2, 0.25) is 0 Å². The average molecular weight is 527 g/mol. The summed E-state index contributed by atoms with van der Waals surface area (Å²) in [6, 6.07) is 9.36. The number of pyridine rings is 1. The lowest BCUT2D eigenvalue weighted by Crippen LogP contribution is -2.60. The average Bonchev–Trinajstić information content (AvgIpc) is 2.82. The Hall–Kier alpha value is -2.17. The Labute approximate surface area is 210 Å². The van der Waals surface area contributed by atoms with Crippen LogP contribution >= 0.6 is 0 Å². The first kappa shape index (κ1) is 26.9. The fourth-order valence-electron chi connectivity index (χ4n) is 4.98. The van der Waals surface area contributed by atoms with E-state index < -0.39 is 27.2 Å². The number of hydrogen-bond acceptors (Lipinski definition) is 6. The Balaban J connectivity index is 1.41. The van der Waals surface area contributed by atoms with E-state index in [1.54, 1.807) is 18.3 Å². The summed E-state index contributed by atoms with van der Waals surface area (Å²) >= 11 is 0. The number of alkyl halides is 3. The highest BCUT2D eigenvalue weighted by Crippen LogP contribution is 2.43. The van der Waals surface area contributed by atoms with Crippen molar-refractivity contribution in [1.29, 1.82) is 0 Å². The van der Waals surface area contributed by atoms with E-state index in [4.69, 9.17) is 9.84 Å². The summed E-state index contributed by atoms with van der Waals surface area (Å²) in [4.78, 5) is 5.95. The smallest absolute Gasteiger partial charge is 0.406 e. The zero-order chi connectivity index (χ0) is 26.2. The van der Waals surface area contributed by atoms with Gasteiger partial charge < -0.3 is 9.84 Å².